The molecule has 2 nitrogen and oxygen atoms in total. The number of benzene rings is 1. The number of hydrogen-bond acceptors (Lipinski definition) is 2. The van der Waals surface area contributed by atoms with Gasteiger partial charge in [0.2, 0.25) is 0 Å². The molecule has 1 aromatic rings. The van der Waals surface area contributed by atoms with Crippen molar-refractivity contribution in [3.63, 3.8) is 0 Å². The van der Waals surface area contributed by atoms with Gasteiger partial charge in [0.1, 0.15) is 11.9 Å². The van der Waals surface area contributed by atoms with E-state index in [2.05, 4.69) is 12.2 Å². The van der Waals surface area contributed by atoms with Crippen LogP contribution in [0.15, 0.2) is 36.4 Å². The van der Waals surface area contributed by atoms with Gasteiger partial charge in [-0.05, 0) is 38.3 Å². The summed E-state index contributed by atoms with van der Waals surface area (Å²) in [5, 5.41) is 9.64. The summed E-state index contributed by atoms with van der Waals surface area (Å²) in [5.74, 6) is 0.800. The van der Waals surface area contributed by atoms with E-state index >= 15 is 0 Å². The van der Waals surface area contributed by atoms with Gasteiger partial charge in [0, 0.05) is 5.56 Å². The number of rotatable bonds is 3. The molecular weight excluding hydrogens is 200 g/mol. The maximum absolute atomic E-state index is 9.64. The minimum atomic E-state index is -0.483. The maximum atomic E-state index is 9.64. The van der Waals surface area contributed by atoms with E-state index in [1.54, 1.807) is 6.92 Å². The first-order valence-corrected chi connectivity index (χ1v) is 5.87. The van der Waals surface area contributed by atoms with Crippen molar-refractivity contribution >= 4 is 0 Å². The van der Waals surface area contributed by atoms with E-state index in [0.29, 0.717) is 0 Å². The van der Waals surface area contributed by atoms with Crippen LogP contribution < -0.4 is 4.74 Å². The van der Waals surface area contributed by atoms with E-state index < -0.39 is 6.10 Å². The minimum absolute atomic E-state index is 0.161. The molecule has 0 aromatic heterocycles. The Morgan fingerprint density at radius 1 is 1.38 bits per heavy atom. The van der Waals surface area contributed by atoms with Crippen molar-refractivity contribution < 1.29 is 9.84 Å². The molecule has 0 aliphatic heterocycles. The van der Waals surface area contributed by atoms with E-state index in [1.165, 1.54) is 6.42 Å². The van der Waals surface area contributed by atoms with Crippen molar-refractivity contribution in [1.82, 2.24) is 0 Å². The van der Waals surface area contributed by atoms with Gasteiger partial charge in [-0.25, -0.2) is 0 Å². The smallest absolute Gasteiger partial charge is 0.125 e. The monoisotopic (exact) mass is 218 g/mol. The predicted molar refractivity (Wildman–Crippen MR) is 64.5 cm³/mol. The highest BCUT2D eigenvalue weighted by atomic mass is 16.5. The van der Waals surface area contributed by atoms with Crippen LogP contribution >= 0.6 is 0 Å². The normalized spacial score (nSPS) is 21.8. The summed E-state index contributed by atoms with van der Waals surface area (Å²) in [6.07, 6.45) is 7.35. The lowest BCUT2D eigenvalue weighted by atomic mass is 10.0. The van der Waals surface area contributed by atoms with E-state index in [4.69, 9.17) is 4.74 Å². The first-order valence-electron chi connectivity index (χ1n) is 5.87. The highest BCUT2D eigenvalue weighted by Gasteiger charge is 2.13. The van der Waals surface area contributed by atoms with Crippen LogP contribution in [0.3, 0.4) is 0 Å². The second kappa shape index (κ2) is 5.17. The molecule has 1 aliphatic rings. The molecule has 1 aromatic carbocycles. The molecule has 2 rings (SSSR count). The Morgan fingerprint density at radius 2 is 2.19 bits per heavy atom. The van der Waals surface area contributed by atoms with E-state index in [9.17, 15) is 5.11 Å². The van der Waals surface area contributed by atoms with Crippen LogP contribution in [0, 0.1) is 0 Å². The molecule has 0 fully saturated rings. The molecular formula is C14H18O2. The molecule has 0 saturated heterocycles. The van der Waals surface area contributed by atoms with E-state index in [0.717, 1.165) is 24.2 Å². The summed E-state index contributed by atoms with van der Waals surface area (Å²) >= 11 is 0. The van der Waals surface area contributed by atoms with Crippen LogP contribution in [0.1, 0.15) is 37.9 Å². The third-order valence-electron chi connectivity index (χ3n) is 2.86. The number of para-hydroxylation sites is 1. The van der Waals surface area contributed by atoms with Crippen molar-refractivity contribution in [2.45, 2.75) is 38.4 Å². The fourth-order valence-corrected chi connectivity index (χ4v) is 1.98. The average molecular weight is 218 g/mol. The van der Waals surface area contributed by atoms with Gasteiger partial charge in [0.05, 0.1) is 6.10 Å². The highest BCUT2D eigenvalue weighted by Crippen LogP contribution is 2.27. The van der Waals surface area contributed by atoms with Gasteiger partial charge in [-0.2, -0.15) is 0 Å². The number of ether oxygens (including phenoxy) is 1. The summed E-state index contributed by atoms with van der Waals surface area (Å²) in [6, 6.07) is 7.69. The first kappa shape index (κ1) is 11.2. The minimum Gasteiger partial charge on any atom is -0.486 e. The Balaban J connectivity index is 2.13. The van der Waals surface area contributed by atoms with Crippen molar-refractivity contribution in [2.75, 3.05) is 0 Å². The summed E-state index contributed by atoms with van der Waals surface area (Å²) in [4.78, 5) is 0. The van der Waals surface area contributed by atoms with Crippen LogP contribution in [-0.4, -0.2) is 11.2 Å². The molecule has 0 amide bonds. The fraction of sp³-hybridized carbons (Fsp3) is 0.429. The SMILES string of the molecule is C[C@H](O)c1ccccc1OC1C=CCCC1. The molecule has 0 bridgehead atoms. The van der Waals surface area contributed by atoms with Crippen molar-refractivity contribution in [3.05, 3.63) is 42.0 Å². The van der Waals surface area contributed by atoms with Crippen LogP contribution in [-0.2, 0) is 0 Å². The third-order valence-corrected chi connectivity index (χ3v) is 2.86. The highest BCUT2D eigenvalue weighted by molar-refractivity contribution is 5.35. The fourth-order valence-electron chi connectivity index (χ4n) is 1.98. The number of aliphatic hydroxyl groups is 1. The average Bonchev–Trinajstić information content (AvgIpc) is 2.31. The molecule has 0 heterocycles. The van der Waals surface area contributed by atoms with Gasteiger partial charge in [0.25, 0.3) is 0 Å². The lowest BCUT2D eigenvalue weighted by Crippen LogP contribution is -2.16. The van der Waals surface area contributed by atoms with Gasteiger partial charge >= 0.3 is 0 Å². The second-order valence-electron chi connectivity index (χ2n) is 4.23. The zero-order valence-corrected chi connectivity index (χ0v) is 9.60. The zero-order chi connectivity index (χ0) is 11.4. The molecule has 2 heteroatoms. The van der Waals surface area contributed by atoms with Crippen molar-refractivity contribution in [2.24, 2.45) is 0 Å². The van der Waals surface area contributed by atoms with Crippen molar-refractivity contribution in [3.8, 4) is 5.75 Å². The van der Waals surface area contributed by atoms with Gasteiger partial charge in [-0.1, -0.05) is 24.3 Å². The summed E-state index contributed by atoms with van der Waals surface area (Å²) in [5.41, 5.74) is 0.862. The van der Waals surface area contributed by atoms with Crippen molar-refractivity contribution in [1.29, 1.82) is 0 Å². The molecule has 0 radical (unpaired) electrons. The Labute approximate surface area is 96.6 Å². The number of aliphatic hydroxyl groups excluding tert-OH is 1. The Hall–Kier alpha value is -1.28. The van der Waals surface area contributed by atoms with E-state index in [1.807, 2.05) is 24.3 Å². The van der Waals surface area contributed by atoms with Gasteiger partial charge in [0.15, 0.2) is 0 Å². The first-order chi connectivity index (χ1) is 7.77. The van der Waals surface area contributed by atoms with Crippen LogP contribution in [0.2, 0.25) is 0 Å². The third kappa shape index (κ3) is 2.64. The molecule has 1 unspecified atom stereocenters. The molecule has 2 atom stereocenters. The molecule has 86 valence electrons. The lowest BCUT2D eigenvalue weighted by Gasteiger charge is -2.21. The molecule has 0 spiro atoms. The second-order valence-corrected chi connectivity index (χ2v) is 4.23. The summed E-state index contributed by atoms with van der Waals surface area (Å²) in [6.45, 7) is 1.76. The van der Waals surface area contributed by atoms with Crippen LogP contribution in [0.4, 0.5) is 0 Å². The molecule has 16 heavy (non-hydrogen) atoms. The number of allylic oxidation sites excluding steroid dienone is 1. The standard InChI is InChI=1S/C14H18O2/c1-11(15)13-9-5-6-10-14(13)16-12-7-3-2-4-8-12/h3,5-7,9-12,15H,2,4,8H2,1H3/t11-,12?/m0/s1. The Morgan fingerprint density at radius 3 is 2.88 bits per heavy atom. The van der Waals surface area contributed by atoms with Gasteiger partial charge in [-0.15, -0.1) is 0 Å². The Kier molecular flexibility index (Phi) is 3.62. The molecule has 0 saturated carbocycles. The maximum Gasteiger partial charge on any atom is 0.125 e. The summed E-state index contributed by atoms with van der Waals surface area (Å²) in [7, 11) is 0. The largest absolute Gasteiger partial charge is 0.486 e. The van der Waals surface area contributed by atoms with Crippen LogP contribution in [0.25, 0.3) is 0 Å². The lowest BCUT2D eigenvalue weighted by molar-refractivity contribution is 0.180. The van der Waals surface area contributed by atoms with E-state index in [-0.39, 0.29) is 6.10 Å². The Bertz CT molecular complexity index is 369. The topological polar surface area (TPSA) is 29.5 Å². The molecule has 1 aliphatic carbocycles. The zero-order valence-electron chi connectivity index (χ0n) is 9.60. The van der Waals surface area contributed by atoms with Gasteiger partial charge < -0.3 is 9.84 Å². The quantitative estimate of drug-likeness (QED) is 0.789. The van der Waals surface area contributed by atoms with Crippen LogP contribution in [0.5, 0.6) is 5.75 Å². The van der Waals surface area contributed by atoms with Gasteiger partial charge in [-0.3, -0.25) is 0 Å². The predicted octanol–water partition coefficient (Wildman–Crippen LogP) is 3.23. The molecule has 1 N–H and O–H groups in total. The number of hydrogen-bond donors (Lipinski definition) is 1. The summed E-state index contributed by atoms with van der Waals surface area (Å²) < 4.78 is 5.90.